The molecule has 8 rings (SSSR count). The van der Waals surface area contributed by atoms with Crippen molar-refractivity contribution in [1.82, 2.24) is 0 Å². The minimum absolute atomic E-state index is 0.0666. The number of ketones is 1. The monoisotopic (exact) mass is 488 g/mol. The van der Waals surface area contributed by atoms with Crippen LogP contribution < -0.4 is 0 Å². The summed E-state index contributed by atoms with van der Waals surface area (Å²) in [4.78, 5) is 11.1. The number of carbonyl (C=O) groups is 1. The average molecular weight is 489 g/mol. The van der Waals surface area contributed by atoms with Crippen LogP contribution in [-0.2, 0) is 24.4 Å². The van der Waals surface area contributed by atoms with Crippen molar-refractivity contribution in [2.75, 3.05) is 13.2 Å². The van der Waals surface area contributed by atoms with Crippen LogP contribution in [0.3, 0.4) is 0 Å². The molecule has 1 heterocycles. The molecule has 7 heteroatoms. The Labute approximate surface area is 202 Å². The van der Waals surface area contributed by atoms with E-state index in [0.29, 0.717) is 11.7 Å². The Hall–Kier alpha value is -1.28. The lowest BCUT2D eigenvalue weighted by Crippen LogP contribution is -2.31. The van der Waals surface area contributed by atoms with Gasteiger partial charge in [0.1, 0.15) is 5.78 Å². The van der Waals surface area contributed by atoms with Gasteiger partial charge >= 0.3 is 0 Å². The molecule has 0 unspecified atom stereocenters. The molecule has 7 aliphatic rings. The highest BCUT2D eigenvalue weighted by molar-refractivity contribution is 7.85. The van der Waals surface area contributed by atoms with Crippen LogP contribution in [0.5, 0.6) is 0 Å². The van der Waals surface area contributed by atoms with Gasteiger partial charge in [0.05, 0.1) is 18.1 Å². The zero-order chi connectivity index (χ0) is 23.7. The molecule has 1 saturated heterocycles. The maximum atomic E-state index is 11.2. The molecule has 0 aromatic heterocycles. The number of aryl methyl sites for hydroxylation is 1. The summed E-state index contributed by atoms with van der Waals surface area (Å²) in [6.07, 6.45) is 10.5. The molecule has 186 valence electrons. The summed E-state index contributed by atoms with van der Waals surface area (Å²) in [5.74, 6) is 7.60. The summed E-state index contributed by atoms with van der Waals surface area (Å²) in [5, 5.41) is 0. The maximum Gasteiger partial charge on any atom is 0.294 e. The van der Waals surface area contributed by atoms with E-state index in [1.165, 1.54) is 57.1 Å². The van der Waals surface area contributed by atoms with Gasteiger partial charge in [0.15, 0.2) is 5.79 Å². The van der Waals surface area contributed by atoms with Gasteiger partial charge in [-0.1, -0.05) is 17.7 Å². The Morgan fingerprint density at radius 2 is 1.50 bits per heavy atom. The number of carbonyl (C=O) groups excluding carboxylic acids is 1. The van der Waals surface area contributed by atoms with E-state index in [1.54, 1.807) is 12.1 Å². The molecule has 1 aromatic rings. The van der Waals surface area contributed by atoms with Crippen LogP contribution in [0, 0.1) is 54.3 Å². The SMILES string of the molecule is C1COC2(CC[C@@H]3[C@H](C4CC4)[C@@H]32)O1.Cc1ccc(S(=O)(=O)O)cc1.O=C1CC[C@H]2[C@@H]1[C@H]2C1CC1. The number of Topliss-reactive ketones (excluding diaryl/α,β-unsaturated/α-hetero) is 1. The van der Waals surface area contributed by atoms with E-state index in [1.807, 2.05) is 6.92 Å². The van der Waals surface area contributed by atoms with Crippen molar-refractivity contribution in [3.05, 3.63) is 29.8 Å². The van der Waals surface area contributed by atoms with Crippen LogP contribution in [0.25, 0.3) is 0 Å². The zero-order valence-corrected chi connectivity index (χ0v) is 20.7. The van der Waals surface area contributed by atoms with Gasteiger partial charge in [-0.05, 0) is 93.1 Å². The highest BCUT2D eigenvalue weighted by atomic mass is 32.2. The summed E-state index contributed by atoms with van der Waals surface area (Å²) >= 11 is 0. The standard InChI is InChI=1S/C11H16O2.C9H12O.C7H8O3S/c1-2-7(1)9-8-3-4-11(10(8)9)12-5-6-13-11;10-7-4-3-6-8(9(6)7)5-1-2-5;1-6-2-4-7(5-3-6)11(8,9)10/h7-10H,1-6H2;5-6,8-9H,1-4H2;2-5H,1H3,(H,8,9,10)/t8-,9+,10-;6-,8+,9+;/m11./s1. The quantitative estimate of drug-likeness (QED) is 0.623. The van der Waals surface area contributed by atoms with Gasteiger partial charge in [-0.25, -0.2) is 0 Å². The lowest BCUT2D eigenvalue weighted by molar-refractivity contribution is -0.171. The second-order valence-electron chi connectivity index (χ2n) is 11.5. The van der Waals surface area contributed by atoms with Crippen LogP contribution in [0.2, 0.25) is 0 Å². The van der Waals surface area contributed by atoms with Crippen molar-refractivity contribution in [2.24, 2.45) is 47.3 Å². The summed E-state index contributed by atoms with van der Waals surface area (Å²) < 4.78 is 41.2. The molecule has 0 amide bonds. The highest BCUT2D eigenvalue weighted by Crippen LogP contribution is 2.70. The molecule has 34 heavy (non-hydrogen) atoms. The molecule has 1 N–H and O–H groups in total. The van der Waals surface area contributed by atoms with Crippen LogP contribution in [0.1, 0.15) is 56.9 Å². The number of ether oxygens (including phenoxy) is 2. The molecule has 0 radical (unpaired) electrons. The molecule has 6 nitrogen and oxygen atoms in total. The molecule has 1 spiro atoms. The maximum absolute atomic E-state index is 11.2. The Kier molecular flexibility index (Phi) is 5.71. The Morgan fingerprint density at radius 1 is 0.882 bits per heavy atom. The first-order chi connectivity index (χ1) is 16.3. The molecule has 0 bridgehead atoms. The number of benzene rings is 1. The fourth-order valence-corrected chi connectivity index (χ4v) is 7.87. The average Bonchev–Trinajstić information content (AvgIpc) is 3.66. The minimum atomic E-state index is -4.02. The number of hydrogen-bond donors (Lipinski definition) is 1. The molecular formula is C27H36O6S. The van der Waals surface area contributed by atoms with Crippen molar-refractivity contribution in [3.8, 4) is 0 Å². The van der Waals surface area contributed by atoms with E-state index < -0.39 is 10.1 Å². The predicted molar refractivity (Wildman–Crippen MR) is 125 cm³/mol. The molecule has 7 fully saturated rings. The van der Waals surface area contributed by atoms with E-state index in [-0.39, 0.29) is 10.7 Å². The van der Waals surface area contributed by atoms with Crippen molar-refractivity contribution >= 4 is 15.9 Å². The van der Waals surface area contributed by atoms with Crippen molar-refractivity contribution in [2.45, 2.75) is 69.0 Å². The highest BCUT2D eigenvalue weighted by Gasteiger charge is 2.71. The van der Waals surface area contributed by atoms with E-state index in [4.69, 9.17) is 14.0 Å². The van der Waals surface area contributed by atoms with E-state index in [9.17, 15) is 13.2 Å². The van der Waals surface area contributed by atoms with Gasteiger partial charge in [0, 0.05) is 24.7 Å². The van der Waals surface area contributed by atoms with Crippen LogP contribution in [0.15, 0.2) is 29.2 Å². The zero-order valence-electron chi connectivity index (χ0n) is 19.9. The fraction of sp³-hybridized carbons (Fsp3) is 0.741. The molecule has 6 atom stereocenters. The summed E-state index contributed by atoms with van der Waals surface area (Å²) in [7, 11) is -4.02. The topological polar surface area (TPSA) is 89.9 Å². The smallest absolute Gasteiger partial charge is 0.294 e. The minimum Gasteiger partial charge on any atom is -0.347 e. The summed E-state index contributed by atoms with van der Waals surface area (Å²) in [6.45, 7) is 3.51. The number of fused-ring (bicyclic) bond motifs is 3. The second-order valence-corrected chi connectivity index (χ2v) is 13.0. The van der Waals surface area contributed by atoms with Gasteiger partial charge in [0.25, 0.3) is 10.1 Å². The number of rotatable bonds is 3. The van der Waals surface area contributed by atoms with Crippen LogP contribution in [-0.4, -0.2) is 37.8 Å². The van der Waals surface area contributed by atoms with Crippen molar-refractivity contribution in [1.29, 1.82) is 0 Å². The van der Waals surface area contributed by atoms with E-state index in [0.717, 1.165) is 66.6 Å². The third-order valence-corrected chi connectivity index (χ3v) is 10.2. The van der Waals surface area contributed by atoms with Gasteiger partial charge in [-0.2, -0.15) is 8.42 Å². The van der Waals surface area contributed by atoms with Crippen LogP contribution in [0.4, 0.5) is 0 Å². The fourth-order valence-electron chi connectivity index (χ4n) is 7.39. The number of hydrogen-bond acceptors (Lipinski definition) is 5. The van der Waals surface area contributed by atoms with Gasteiger partial charge < -0.3 is 9.47 Å². The Balaban J connectivity index is 0.0000000970. The van der Waals surface area contributed by atoms with Gasteiger partial charge in [-0.3, -0.25) is 9.35 Å². The lowest BCUT2D eigenvalue weighted by Gasteiger charge is -2.25. The summed E-state index contributed by atoms with van der Waals surface area (Å²) in [5.41, 5.74) is 0.956. The summed E-state index contributed by atoms with van der Waals surface area (Å²) in [6, 6.07) is 5.99. The Morgan fingerprint density at radius 3 is 2.03 bits per heavy atom. The normalized spacial score (nSPS) is 38.4. The van der Waals surface area contributed by atoms with Gasteiger partial charge in [-0.15, -0.1) is 0 Å². The van der Waals surface area contributed by atoms with Crippen molar-refractivity contribution in [3.63, 3.8) is 0 Å². The molecule has 1 aromatic carbocycles. The third kappa shape index (κ3) is 4.38. The van der Waals surface area contributed by atoms with Crippen molar-refractivity contribution < 1.29 is 27.2 Å². The second kappa shape index (κ2) is 8.39. The Bertz CT molecular complexity index is 1030. The van der Waals surface area contributed by atoms with Crippen LogP contribution >= 0.6 is 0 Å². The molecule has 1 aliphatic heterocycles. The van der Waals surface area contributed by atoms with E-state index >= 15 is 0 Å². The first-order valence-electron chi connectivity index (χ1n) is 13.1. The van der Waals surface area contributed by atoms with E-state index in [2.05, 4.69) is 0 Å². The molecular weight excluding hydrogens is 452 g/mol. The first-order valence-corrected chi connectivity index (χ1v) is 14.6. The first kappa shape index (κ1) is 23.1. The largest absolute Gasteiger partial charge is 0.347 e. The molecule has 6 saturated carbocycles. The lowest BCUT2D eigenvalue weighted by atomic mass is 10.0. The molecule has 6 aliphatic carbocycles. The third-order valence-electron chi connectivity index (χ3n) is 9.32. The van der Waals surface area contributed by atoms with Gasteiger partial charge in [0.2, 0.25) is 0 Å². The predicted octanol–water partition coefficient (Wildman–Crippen LogP) is 4.66.